The van der Waals surface area contributed by atoms with Crippen LogP contribution in [0.4, 0.5) is 17.3 Å². The van der Waals surface area contributed by atoms with E-state index in [1.165, 1.54) is 18.5 Å². The summed E-state index contributed by atoms with van der Waals surface area (Å²) >= 11 is 0. The molecule has 2 aromatic rings. The number of benzene rings is 1. The van der Waals surface area contributed by atoms with Crippen LogP contribution in [-0.2, 0) is 0 Å². The summed E-state index contributed by atoms with van der Waals surface area (Å²) in [6, 6.07) is 8.11. The normalized spacial score (nSPS) is 14.6. The van der Waals surface area contributed by atoms with Crippen molar-refractivity contribution in [3.63, 3.8) is 0 Å². The molecule has 20 heavy (non-hydrogen) atoms. The Bertz CT molecular complexity index is 643. The third-order valence-electron chi connectivity index (χ3n) is 3.46. The molecule has 0 atom stereocenters. The number of hydrogen-bond donors (Lipinski definition) is 2. The number of rotatable bonds is 3. The summed E-state index contributed by atoms with van der Waals surface area (Å²) in [5.74, 6) is 0.356. The first-order chi connectivity index (χ1) is 9.72. The minimum atomic E-state index is -0.226. The van der Waals surface area contributed by atoms with Crippen molar-refractivity contribution in [3.8, 4) is 0 Å². The molecule has 0 spiro atoms. The Kier molecular flexibility index (Phi) is 3.37. The van der Waals surface area contributed by atoms with Crippen molar-refractivity contribution in [1.29, 1.82) is 0 Å². The molecule has 1 aromatic heterocycles. The molecule has 2 heterocycles. The lowest BCUT2D eigenvalue weighted by Crippen LogP contribution is -2.17. The molecule has 0 bridgehead atoms. The highest BCUT2D eigenvalue weighted by Gasteiger charge is 2.11. The van der Waals surface area contributed by atoms with Gasteiger partial charge in [0, 0.05) is 24.5 Å². The maximum Gasteiger partial charge on any atom is 0.273 e. The zero-order chi connectivity index (χ0) is 13.9. The van der Waals surface area contributed by atoms with E-state index in [0.717, 1.165) is 18.8 Å². The summed E-state index contributed by atoms with van der Waals surface area (Å²) in [7, 11) is 0. The fourth-order valence-electron chi connectivity index (χ4n) is 2.32. The van der Waals surface area contributed by atoms with Crippen molar-refractivity contribution in [1.82, 2.24) is 15.2 Å². The summed E-state index contributed by atoms with van der Waals surface area (Å²) in [6.45, 7) is 3.88. The third-order valence-corrected chi connectivity index (χ3v) is 3.46. The second kappa shape index (κ2) is 5.32. The third kappa shape index (κ3) is 2.64. The van der Waals surface area contributed by atoms with E-state index < -0.39 is 0 Å². The largest absolute Gasteiger partial charge is 0.372 e. The van der Waals surface area contributed by atoms with E-state index in [1.807, 2.05) is 12.1 Å². The highest BCUT2D eigenvalue weighted by Crippen LogP contribution is 2.22. The molecule has 0 radical (unpaired) electrons. The lowest BCUT2D eigenvalue weighted by molar-refractivity contribution is 0.908. The lowest BCUT2D eigenvalue weighted by atomic mass is 10.2. The van der Waals surface area contributed by atoms with Crippen LogP contribution >= 0.6 is 0 Å². The molecule has 2 N–H and O–H groups in total. The first-order valence-corrected chi connectivity index (χ1v) is 6.78. The number of aryl methyl sites for hydroxylation is 1. The van der Waals surface area contributed by atoms with Crippen LogP contribution in [0.2, 0.25) is 0 Å². The van der Waals surface area contributed by atoms with Gasteiger partial charge in [0.1, 0.15) is 5.69 Å². The maximum absolute atomic E-state index is 11.5. The number of anilines is 3. The number of hydrogen-bond acceptors (Lipinski definition) is 5. The molecule has 0 saturated carbocycles. The van der Waals surface area contributed by atoms with Gasteiger partial charge in [-0.3, -0.25) is 9.78 Å². The van der Waals surface area contributed by atoms with Crippen molar-refractivity contribution >= 4 is 17.3 Å². The van der Waals surface area contributed by atoms with Crippen molar-refractivity contribution in [2.45, 2.75) is 19.8 Å². The average molecular weight is 271 g/mol. The van der Waals surface area contributed by atoms with Gasteiger partial charge < -0.3 is 10.2 Å². The highest BCUT2D eigenvalue weighted by atomic mass is 16.1. The number of nitrogens with zero attached hydrogens (tertiary/aromatic N) is 3. The van der Waals surface area contributed by atoms with Crippen LogP contribution in [0.5, 0.6) is 0 Å². The molecule has 6 nitrogen and oxygen atoms in total. The molecule has 104 valence electrons. The molecule has 0 aliphatic carbocycles. The van der Waals surface area contributed by atoms with Gasteiger partial charge >= 0.3 is 0 Å². The fourth-order valence-corrected chi connectivity index (χ4v) is 2.32. The van der Waals surface area contributed by atoms with Crippen molar-refractivity contribution in [2.75, 3.05) is 23.3 Å². The van der Waals surface area contributed by atoms with Gasteiger partial charge in [-0.1, -0.05) is 0 Å². The molecule has 1 aromatic carbocycles. The summed E-state index contributed by atoms with van der Waals surface area (Å²) in [5.41, 5.74) is 2.24. The molecule has 6 heteroatoms. The van der Waals surface area contributed by atoms with E-state index in [2.05, 4.69) is 37.5 Å². The monoisotopic (exact) mass is 271 g/mol. The Morgan fingerprint density at radius 3 is 2.50 bits per heavy atom. The van der Waals surface area contributed by atoms with Gasteiger partial charge in [-0.25, -0.2) is 0 Å². The first kappa shape index (κ1) is 12.7. The van der Waals surface area contributed by atoms with Crippen molar-refractivity contribution in [2.24, 2.45) is 0 Å². The molecular weight excluding hydrogens is 254 g/mol. The molecular formula is C14H17N5O. The van der Waals surface area contributed by atoms with Gasteiger partial charge in [-0.15, -0.1) is 10.2 Å². The standard InChI is InChI=1S/C14H17N5O/c1-10-13(20)16-14(18-17-10)15-11-4-6-12(7-5-11)19-8-2-3-9-19/h4-7H,2-3,8-9H2,1H3,(H2,15,16,18,20). The lowest BCUT2D eigenvalue weighted by Gasteiger charge is -2.17. The van der Waals surface area contributed by atoms with Crippen LogP contribution in [0.25, 0.3) is 0 Å². The predicted octanol–water partition coefficient (Wildman–Crippen LogP) is 1.82. The predicted molar refractivity (Wildman–Crippen MR) is 78.6 cm³/mol. The van der Waals surface area contributed by atoms with Gasteiger partial charge in [-0.2, -0.15) is 0 Å². The Balaban J connectivity index is 1.74. The van der Waals surface area contributed by atoms with Gasteiger partial charge in [-0.05, 0) is 44.0 Å². The quantitative estimate of drug-likeness (QED) is 0.890. The first-order valence-electron chi connectivity index (χ1n) is 6.78. The summed E-state index contributed by atoms with van der Waals surface area (Å²) < 4.78 is 0. The van der Waals surface area contributed by atoms with E-state index >= 15 is 0 Å². The van der Waals surface area contributed by atoms with Crippen LogP contribution < -0.4 is 15.8 Å². The summed E-state index contributed by atoms with van der Waals surface area (Å²) in [6.07, 6.45) is 2.53. The zero-order valence-corrected chi connectivity index (χ0v) is 11.4. The zero-order valence-electron chi connectivity index (χ0n) is 11.4. The number of aromatic nitrogens is 3. The average Bonchev–Trinajstić information content (AvgIpc) is 2.98. The van der Waals surface area contributed by atoms with Gasteiger partial charge in [0.2, 0.25) is 5.95 Å². The molecule has 0 amide bonds. The Hall–Kier alpha value is -2.37. The smallest absolute Gasteiger partial charge is 0.273 e. The maximum atomic E-state index is 11.5. The van der Waals surface area contributed by atoms with Crippen LogP contribution in [0, 0.1) is 6.92 Å². The van der Waals surface area contributed by atoms with E-state index in [4.69, 9.17) is 0 Å². The second-order valence-corrected chi connectivity index (χ2v) is 4.95. The Labute approximate surface area is 116 Å². The Morgan fingerprint density at radius 2 is 1.85 bits per heavy atom. The van der Waals surface area contributed by atoms with Crippen LogP contribution in [0.1, 0.15) is 18.5 Å². The minimum absolute atomic E-state index is 0.226. The van der Waals surface area contributed by atoms with E-state index in [-0.39, 0.29) is 5.56 Å². The summed E-state index contributed by atoms with van der Waals surface area (Å²) in [5, 5.41) is 10.7. The van der Waals surface area contributed by atoms with E-state index in [1.54, 1.807) is 6.92 Å². The molecule has 1 fully saturated rings. The molecule has 3 rings (SSSR count). The van der Waals surface area contributed by atoms with Crippen LogP contribution in [-0.4, -0.2) is 28.3 Å². The van der Waals surface area contributed by atoms with Crippen LogP contribution in [0.3, 0.4) is 0 Å². The van der Waals surface area contributed by atoms with Crippen molar-refractivity contribution < 1.29 is 0 Å². The summed E-state index contributed by atoms with van der Waals surface area (Å²) in [4.78, 5) is 16.5. The molecule has 1 aliphatic heterocycles. The van der Waals surface area contributed by atoms with Gasteiger partial charge in [0.15, 0.2) is 0 Å². The number of H-pyrrole nitrogens is 1. The van der Waals surface area contributed by atoms with E-state index in [0.29, 0.717) is 11.6 Å². The Morgan fingerprint density at radius 1 is 1.15 bits per heavy atom. The SMILES string of the molecule is Cc1nnc(Nc2ccc(N3CCCC3)cc2)[nH]c1=O. The van der Waals surface area contributed by atoms with Crippen molar-refractivity contribution in [3.05, 3.63) is 40.3 Å². The molecule has 0 unspecified atom stereocenters. The highest BCUT2D eigenvalue weighted by molar-refractivity contribution is 5.59. The fraction of sp³-hybridized carbons (Fsp3) is 0.357. The van der Waals surface area contributed by atoms with E-state index in [9.17, 15) is 4.79 Å². The topological polar surface area (TPSA) is 73.9 Å². The number of aromatic amines is 1. The minimum Gasteiger partial charge on any atom is -0.372 e. The van der Waals surface area contributed by atoms with Gasteiger partial charge in [0.25, 0.3) is 5.56 Å². The number of nitrogens with one attached hydrogen (secondary N) is 2. The second-order valence-electron chi connectivity index (χ2n) is 4.95. The molecule has 1 aliphatic rings. The van der Waals surface area contributed by atoms with Gasteiger partial charge in [0.05, 0.1) is 0 Å². The van der Waals surface area contributed by atoms with Crippen LogP contribution in [0.15, 0.2) is 29.1 Å². The molecule has 1 saturated heterocycles.